The summed E-state index contributed by atoms with van der Waals surface area (Å²) in [6.45, 7) is 6.54. The maximum absolute atomic E-state index is 12.9. The normalized spacial score (nSPS) is 17.5. The van der Waals surface area contributed by atoms with Gasteiger partial charge in [-0.2, -0.15) is 0 Å². The fourth-order valence-electron chi connectivity index (χ4n) is 3.47. The largest absolute Gasteiger partial charge is 0.362 e. The van der Waals surface area contributed by atoms with Crippen LogP contribution in [0.4, 0.5) is 5.13 Å². The monoisotopic (exact) mass is 357 g/mol. The van der Waals surface area contributed by atoms with E-state index in [0.29, 0.717) is 5.92 Å². The van der Waals surface area contributed by atoms with E-state index in [1.165, 1.54) is 23.3 Å². The standard InChI is InChI=1S/C20H27N3OS/c1-3-21-20-22-15(2)18(25-20)19(24)23-13-7-10-17(14-23)12-11-16-8-5-4-6-9-16/h4-6,8-9,17H,3,7,10-14H2,1-2H3,(H,21,22). The number of benzene rings is 1. The van der Waals surface area contributed by atoms with E-state index in [2.05, 4.69) is 40.6 Å². The molecule has 0 spiro atoms. The number of nitrogens with one attached hydrogen (secondary N) is 1. The molecule has 2 heterocycles. The summed E-state index contributed by atoms with van der Waals surface area (Å²) in [6, 6.07) is 10.6. The summed E-state index contributed by atoms with van der Waals surface area (Å²) >= 11 is 1.48. The van der Waals surface area contributed by atoms with Crippen molar-refractivity contribution < 1.29 is 4.79 Å². The van der Waals surface area contributed by atoms with Gasteiger partial charge in [0.15, 0.2) is 5.13 Å². The number of carbonyl (C=O) groups excluding carboxylic acids is 1. The molecular formula is C20H27N3OS. The van der Waals surface area contributed by atoms with Gasteiger partial charge in [-0.05, 0) is 51.0 Å². The van der Waals surface area contributed by atoms with Gasteiger partial charge in [-0.1, -0.05) is 41.7 Å². The minimum Gasteiger partial charge on any atom is -0.362 e. The van der Waals surface area contributed by atoms with Crippen molar-refractivity contribution >= 4 is 22.4 Å². The van der Waals surface area contributed by atoms with Gasteiger partial charge in [0, 0.05) is 19.6 Å². The summed E-state index contributed by atoms with van der Waals surface area (Å²) in [5.74, 6) is 0.753. The van der Waals surface area contributed by atoms with E-state index >= 15 is 0 Å². The quantitative estimate of drug-likeness (QED) is 0.835. The van der Waals surface area contributed by atoms with Gasteiger partial charge < -0.3 is 10.2 Å². The highest BCUT2D eigenvalue weighted by Gasteiger charge is 2.27. The van der Waals surface area contributed by atoms with E-state index in [9.17, 15) is 4.79 Å². The molecule has 134 valence electrons. The highest BCUT2D eigenvalue weighted by molar-refractivity contribution is 7.17. The van der Waals surface area contributed by atoms with E-state index in [0.717, 1.165) is 54.6 Å². The molecule has 25 heavy (non-hydrogen) atoms. The third-order valence-corrected chi connectivity index (χ3v) is 5.91. The van der Waals surface area contributed by atoms with Gasteiger partial charge in [-0.25, -0.2) is 4.98 Å². The number of aromatic nitrogens is 1. The molecule has 4 nitrogen and oxygen atoms in total. The van der Waals surface area contributed by atoms with Crippen molar-refractivity contribution in [1.82, 2.24) is 9.88 Å². The molecule has 1 amide bonds. The van der Waals surface area contributed by atoms with Crippen LogP contribution >= 0.6 is 11.3 Å². The summed E-state index contributed by atoms with van der Waals surface area (Å²) in [4.78, 5) is 20.2. The number of aryl methyl sites for hydroxylation is 2. The molecule has 1 saturated heterocycles. The second-order valence-corrected chi connectivity index (χ2v) is 7.75. The first-order valence-corrected chi connectivity index (χ1v) is 10.0. The first-order chi connectivity index (χ1) is 12.2. The Morgan fingerprint density at radius 3 is 2.92 bits per heavy atom. The number of amides is 1. The van der Waals surface area contributed by atoms with Gasteiger partial charge in [0.2, 0.25) is 0 Å². The third-order valence-electron chi connectivity index (χ3n) is 4.81. The van der Waals surface area contributed by atoms with E-state index in [4.69, 9.17) is 0 Å². The summed E-state index contributed by atoms with van der Waals surface area (Å²) in [5, 5.41) is 4.06. The lowest BCUT2D eigenvalue weighted by molar-refractivity contribution is 0.0672. The second kappa shape index (κ2) is 8.48. The predicted octanol–water partition coefficient (Wildman–Crippen LogP) is 4.37. The zero-order valence-electron chi connectivity index (χ0n) is 15.1. The van der Waals surface area contributed by atoms with Crippen LogP contribution in [0.2, 0.25) is 0 Å². The van der Waals surface area contributed by atoms with Crippen LogP contribution in [-0.2, 0) is 6.42 Å². The van der Waals surface area contributed by atoms with Crippen LogP contribution in [0.3, 0.4) is 0 Å². The summed E-state index contributed by atoms with van der Waals surface area (Å²) in [7, 11) is 0. The van der Waals surface area contributed by atoms with Crippen LogP contribution in [-0.4, -0.2) is 35.4 Å². The molecular weight excluding hydrogens is 330 g/mol. The van der Waals surface area contributed by atoms with Gasteiger partial charge in [-0.15, -0.1) is 0 Å². The second-order valence-electron chi connectivity index (χ2n) is 6.75. The molecule has 1 aromatic carbocycles. The van der Waals surface area contributed by atoms with Gasteiger partial charge in [-0.3, -0.25) is 4.79 Å². The van der Waals surface area contributed by atoms with Gasteiger partial charge in [0.25, 0.3) is 5.91 Å². The molecule has 1 N–H and O–H groups in total. The van der Waals surface area contributed by atoms with Crippen molar-refractivity contribution in [3.8, 4) is 0 Å². The van der Waals surface area contributed by atoms with Crippen LogP contribution in [0, 0.1) is 12.8 Å². The number of likely N-dealkylation sites (tertiary alicyclic amines) is 1. The van der Waals surface area contributed by atoms with E-state index < -0.39 is 0 Å². The Kier molecular flexibility index (Phi) is 6.08. The van der Waals surface area contributed by atoms with Crippen molar-refractivity contribution in [2.45, 2.75) is 39.5 Å². The Hall–Kier alpha value is -1.88. The molecule has 0 bridgehead atoms. The molecule has 2 aromatic rings. The number of rotatable bonds is 6. The Morgan fingerprint density at radius 2 is 2.16 bits per heavy atom. The van der Waals surface area contributed by atoms with E-state index in [-0.39, 0.29) is 5.91 Å². The van der Waals surface area contributed by atoms with Gasteiger partial charge in [0.1, 0.15) is 4.88 Å². The topological polar surface area (TPSA) is 45.2 Å². The first kappa shape index (κ1) is 17.9. The molecule has 0 aliphatic carbocycles. The van der Waals surface area contributed by atoms with Gasteiger partial charge >= 0.3 is 0 Å². The van der Waals surface area contributed by atoms with E-state index in [1.807, 2.05) is 18.7 Å². The van der Waals surface area contributed by atoms with Crippen molar-refractivity contribution in [3.05, 3.63) is 46.5 Å². The number of piperidine rings is 1. The fraction of sp³-hybridized carbons (Fsp3) is 0.500. The smallest absolute Gasteiger partial charge is 0.265 e. The number of hydrogen-bond donors (Lipinski definition) is 1. The molecule has 1 aliphatic rings. The predicted molar refractivity (Wildman–Crippen MR) is 104 cm³/mol. The zero-order chi connectivity index (χ0) is 17.6. The van der Waals surface area contributed by atoms with Crippen molar-refractivity contribution in [2.75, 3.05) is 25.0 Å². The summed E-state index contributed by atoms with van der Waals surface area (Å²) < 4.78 is 0. The Labute approximate surface area is 154 Å². The highest BCUT2D eigenvalue weighted by Crippen LogP contribution is 2.27. The molecule has 1 unspecified atom stereocenters. The van der Waals surface area contributed by atoms with Crippen molar-refractivity contribution in [2.24, 2.45) is 5.92 Å². The molecule has 0 saturated carbocycles. The lowest BCUT2D eigenvalue weighted by Gasteiger charge is -2.32. The maximum atomic E-state index is 12.9. The van der Waals surface area contributed by atoms with Crippen LogP contribution < -0.4 is 5.32 Å². The summed E-state index contributed by atoms with van der Waals surface area (Å²) in [6.07, 6.45) is 4.57. The summed E-state index contributed by atoms with van der Waals surface area (Å²) in [5.41, 5.74) is 2.23. The third kappa shape index (κ3) is 4.60. The molecule has 1 aromatic heterocycles. The highest BCUT2D eigenvalue weighted by atomic mass is 32.1. The zero-order valence-corrected chi connectivity index (χ0v) is 15.9. The Balaban J connectivity index is 1.59. The Morgan fingerprint density at radius 1 is 1.36 bits per heavy atom. The van der Waals surface area contributed by atoms with Crippen LogP contribution in [0.15, 0.2) is 30.3 Å². The maximum Gasteiger partial charge on any atom is 0.265 e. The number of anilines is 1. The lowest BCUT2D eigenvalue weighted by Crippen LogP contribution is -2.40. The Bertz CT molecular complexity index is 698. The molecule has 5 heteroatoms. The fourth-order valence-corrected chi connectivity index (χ4v) is 4.47. The average Bonchev–Trinajstić information content (AvgIpc) is 3.01. The molecule has 3 rings (SSSR count). The van der Waals surface area contributed by atoms with E-state index in [1.54, 1.807) is 0 Å². The van der Waals surface area contributed by atoms with Crippen molar-refractivity contribution in [1.29, 1.82) is 0 Å². The minimum atomic E-state index is 0.156. The first-order valence-electron chi connectivity index (χ1n) is 9.22. The SMILES string of the molecule is CCNc1nc(C)c(C(=O)N2CCCC(CCc3ccccc3)C2)s1. The van der Waals surface area contributed by atoms with Crippen LogP contribution in [0.5, 0.6) is 0 Å². The molecule has 0 radical (unpaired) electrons. The van der Waals surface area contributed by atoms with Crippen LogP contribution in [0.25, 0.3) is 0 Å². The van der Waals surface area contributed by atoms with Crippen LogP contribution in [0.1, 0.15) is 47.1 Å². The minimum absolute atomic E-state index is 0.156. The number of nitrogens with zero attached hydrogens (tertiary/aromatic N) is 2. The molecule has 1 aliphatic heterocycles. The molecule has 1 fully saturated rings. The average molecular weight is 358 g/mol. The molecule has 1 atom stereocenters. The van der Waals surface area contributed by atoms with Gasteiger partial charge in [0.05, 0.1) is 5.69 Å². The number of carbonyl (C=O) groups is 1. The lowest BCUT2D eigenvalue weighted by atomic mass is 9.91. The number of thiazole rings is 1. The number of hydrogen-bond acceptors (Lipinski definition) is 4. The van der Waals surface area contributed by atoms with Crippen molar-refractivity contribution in [3.63, 3.8) is 0 Å².